The van der Waals surface area contributed by atoms with Gasteiger partial charge in [-0.15, -0.1) is 15.3 Å². The lowest BCUT2D eigenvalue weighted by Crippen LogP contribution is -2.43. The van der Waals surface area contributed by atoms with Crippen LogP contribution in [-0.2, 0) is 11.3 Å². The van der Waals surface area contributed by atoms with Crippen molar-refractivity contribution in [3.8, 4) is 0 Å². The Balaban J connectivity index is 1.41. The van der Waals surface area contributed by atoms with Crippen LogP contribution in [0, 0.1) is 12.8 Å². The van der Waals surface area contributed by atoms with Crippen LogP contribution in [0.2, 0.25) is 5.02 Å². The molecule has 1 aromatic carbocycles. The van der Waals surface area contributed by atoms with E-state index in [4.69, 9.17) is 11.6 Å². The Hall–Kier alpha value is -2.67. The van der Waals surface area contributed by atoms with E-state index < -0.39 is 0 Å². The number of halogens is 1. The normalized spacial score (nSPS) is 17.3. The number of rotatable bonds is 4. The fourth-order valence-electron chi connectivity index (χ4n) is 3.39. The first-order valence-corrected chi connectivity index (χ1v) is 9.44. The van der Waals surface area contributed by atoms with Crippen LogP contribution < -0.4 is 10.2 Å². The van der Waals surface area contributed by atoms with Gasteiger partial charge in [0.05, 0.1) is 5.92 Å². The molecule has 1 N–H and O–H groups in total. The van der Waals surface area contributed by atoms with Crippen molar-refractivity contribution in [1.82, 2.24) is 25.1 Å². The summed E-state index contributed by atoms with van der Waals surface area (Å²) in [5.41, 5.74) is 1.76. The Bertz CT molecular complexity index is 954. The Morgan fingerprint density at radius 1 is 1.22 bits per heavy atom. The van der Waals surface area contributed by atoms with Crippen molar-refractivity contribution in [3.05, 3.63) is 52.8 Å². The van der Waals surface area contributed by atoms with Crippen molar-refractivity contribution in [1.29, 1.82) is 0 Å². The average Bonchev–Trinajstić information content (AvgIpc) is 3.08. The minimum Gasteiger partial charge on any atom is -0.354 e. The van der Waals surface area contributed by atoms with Crippen molar-refractivity contribution in [2.45, 2.75) is 26.3 Å². The standard InChI is InChI=1S/C19H21ClN6O/c1-13-22-23-17-8-9-18(24-26(13)17)25-10-2-3-15(12-25)19(27)21-11-14-4-6-16(20)7-5-14/h4-9,15H,2-3,10-12H2,1H3,(H,21,27)/t15-/m1/s1. The molecule has 8 heteroatoms. The van der Waals surface area contributed by atoms with Crippen LogP contribution in [0.4, 0.5) is 5.82 Å². The zero-order valence-electron chi connectivity index (χ0n) is 15.1. The number of hydrogen-bond acceptors (Lipinski definition) is 5. The van der Waals surface area contributed by atoms with Crippen molar-refractivity contribution in [2.75, 3.05) is 18.0 Å². The molecule has 1 atom stereocenters. The summed E-state index contributed by atoms with van der Waals surface area (Å²) in [4.78, 5) is 14.8. The van der Waals surface area contributed by atoms with E-state index in [1.165, 1.54) is 0 Å². The quantitative estimate of drug-likeness (QED) is 0.748. The van der Waals surface area contributed by atoms with E-state index >= 15 is 0 Å². The van der Waals surface area contributed by atoms with Crippen LogP contribution >= 0.6 is 11.6 Å². The Kier molecular flexibility index (Phi) is 4.94. The molecule has 3 heterocycles. The monoisotopic (exact) mass is 384 g/mol. The van der Waals surface area contributed by atoms with Gasteiger partial charge in [-0.3, -0.25) is 4.79 Å². The molecule has 1 aliphatic heterocycles. The van der Waals surface area contributed by atoms with Gasteiger partial charge in [0, 0.05) is 24.7 Å². The molecule has 2 aromatic heterocycles. The maximum Gasteiger partial charge on any atom is 0.225 e. The average molecular weight is 385 g/mol. The largest absolute Gasteiger partial charge is 0.354 e. The molecule has 3 aromatic rings. The SMILES string of the molecule is Cc1nnc2ccc(N3CCC[C@@H](C(=O)NCc4ccc(Cl)cc4)C3)nn12. The van der Waals surface area contributed by atoms with Crippen LogP contribution in [0.3, 0.4) is 0 Å². The molecular weight excluding hydrogens is 364 g/mol. The Morgan fingerprint density at radius 3 is 2.85 bits per heavy atom. The highest BCUT2D eigenvalue weighted by atomic mass is 35.5. The predicted molar refractivity (Wildman–Crippen MR) is 104 cm³/mol. The molecular formula is C19H21ClN6O. The zero-order chi connectivity index (χ0) is 18.8. The molecule has 1 amide bonds. The Morgan fingerprint density at radius 2 is 2.04 bits per heavy atom. The second-order valence-corrected chi connectivity index (χ2v) is 7.27. The van der Waals surface area contributed by atoms with Gasteiger partial charge in [0.1, 0.15) is 5.82 Å². The van der Waals surface area contributed by atoms with E-state index in [1.54, 1.807) is 4.52 Å². The van der Waals surface area contributed by atoms with Gasteiger partial charge in [0.2, 0.25) is 5.91 Å². The molecule has 7 nitrogen and oxygen atoms in total. The van der Waals surface area contributed by atoms with Gasteiger partial charge in [-0.25, -0.2) is 0 Å². The number of aryl methyl sites for hydroxylation is 1. The van der Waals surface area contributed by atoms with E-state index in [2.05, 4.69) is 25.5 Å². The summed E-state index contributed by atoms with van der Waals surface area (Å²) >= 11 is 5.90. The highest BCUT2D eigenvalue weighted by Gasteiger charge is 2.26. The molecule has 4 rings (SSSR count). The Labute approximate surface area is 162 Å². The number of nitrogens with one attached hydrogen (secondary N) is 1. The summed E-state index contributed by atoms with van der Waals surface area (Å²) < 4.78 is 1.74. The summed E-state index contributed by atoms with van der Waals surface area (Å²) in [5, 5.41) is 16.5. The molecule has 0 radical (unpaired) electrons. The number of anilines is 1. The molecule has 0 aliphatic carbocycles. The number of piperidine rings is 1. The number of fused-ring (bicyclic) bond motifs is 1. The predicted octanol–water partition coefficient (Wildman–Crippen LogP) is 2.62. The molecule has 1 fully saturated rings. The van der Waals surface area contributed by atoms with Gasteiger partial charge in [-0.1, -0.05) is 23.7 Å². The smallest absolute Gasteiger partial charge is 0.225 e. The van der Waals surface area contributed by atoms with Gasteiger partial charge >= 0.3 is 0 Å². The third kappa shape index (κ3) is 3.88. The molecule has 0 saturated carbocycles. The summed E-state index contributed by atoms with van der Waals surface area (Å²) in [6.07, 6.45) is 1.84. The maximum absolute atomic E-state index is 12.6. The van der Waals surface area contributed by atoms with Crippen LogP contribution in [0.1, 0.15) is 24.2 Å². The highest BCUT2D eigenvalue weighted by Crippen LogP contribution is 2.22. The summed E-state index contributed by atoms with van der Waals surface area (Å²) in [7, 11) is 0. The van der Waals surface area contributed by atoms with Crippen LogP contribution in [0.25, 0.3) is 5.65 Å². The van der Waals surface area contributed by atoms with Crippen LogP contribution in [0.5, 0.6) is 0 Å². The molecule has 1 aliphatic rings. The fraction of sp³-hybridized carbons (Fsp3) is 0.368. The molecule has 140 valence electrons. The molecule has 0 bridgehead atoms. The molecule has 0 spiro atoms. The number of amides is 1. The van der Waals surface area contributed by atoms with Crippen molar-refractivity contribution < 1.29 is 4.79 Å². The minimum absolute atomic E-state index is 0.0504. The third-order valence-corrected chi connectivity index (χ3v) is 5.15. The topological polar surface area (TPSA) is 75.4 Å². The van der Waals surface area contributed by atoms with Gasteiger partial charge < -0.3 is 10.2 Å². The second-order valence-electron chi connectivity index (χ2n) is 6.84. The van der Waals surface area contributed by atoms with Gasteiger partial charge in [0.15, 0.2) is 11.5 Å². The van der Waals surface area contributed by atoms with E-state index in [0.717, 1.165) is 42.2 Å². The van der Waals surface area contributed by atoms with Gasteiger partial charge in [0.25, 0.3) is 0 Å². The lowest BCUT2D eigenvalue weighted by atomic mass is 9.97. The van der Waals surface area contributed by atoms with Gasteiger partial charge in [-0.2, -0.15) is 4.52 Å². The number of carbonyl (C=O) groups excluding carboxylic acids is 1. The van der Waals surface area contributed by atoms with Crippen LogP contribution in [0.15, 0.2) is 36.4 Å². The van der Waals surface area contributed by atoms with Crippen molar-refractivity contribution >= 4 is 29.0 Å². The lowest BCUT2D eigenvalue weighted by molar-refractivity contribution is -0.125. The summed E-state index contributed by atoms with van der Waals surface area (Å²) in [6, 6.07) is 11.4. The first kappa shape index (κ1) is 17.7. The number of aromatic nitrogens is 4. The van der Waals surface area contributed by atoms with E-state index in [0.29, 0.717) is 18.1 Å². The highest BCUT2D eigenvalue weighted by molar-refractivity contribution is 6.30. The van der Waals surface area contributed by atoms with Gasteiger partial charge in [-0.05, 0) is 49.6 Å². The lowest BCUT2D eigenvalue weighted by Gasteiger charge is -2.32. The number of carbonyl (C=O) groups is 1. The van der Waals surface area contributed by atoms with E-state index in [1.807, 2.05) is 43.3 Å². The first-order valence-electron chi connectivity index (χ1n) is 9.06. The van der Waals surface area contributed by atoms with Crippen molar-refractivity contribution in [2.24, 2.45) is 5.92 Å². The summed E-state index contributed by atoms with van der Waals surface area (Å²) in [6.45, 7) is 3.93. The number of hydrogen-bond donors (Lipinski definition) is 1. The zero-order valence-corrected chi connectivity index (χ0v) is 15.9. The van der Waals surface area contributed by atoms with E-state index in [9.17, 15) is 4.79 Å². The second kappa shape index (κ2) is 7.52. The maximum atomic E-state index is 12.6. The molecule has 27 heavy (non-hydrogen) atoms. The summed E-state index contributed by atoms with van der Waals surface area (Å²) in [5.74, 6) is 1.63. The third-order valence-electron chi connectivity index (χ3n) is 4.90. The van der Waals surface area contributed by atoms with E-state index in [-0.39, 0.29) is 11.8 Å². The minimum atomic E-state index is -0.0504. The van der Waals surface area contributed by atoms with Crippen molar-refractivity contribution in [3.63, 3.8) is 0 Å². The van der Waals surface area contributed by atoms with Crippen LogP contribution in [-0.4, -0.2) is 38.8 Å². The first-order chi connectivity index (χ1) is 13.1. The molecule has 0 unspecified atom stereocenters. The number of nitrogens with zero attached hydrogens (tertiary/aromatic N) is 5. The number of benzene rings is 1. The fourth-order valence-corrected chi connectivity index (χ4v) is 3.52. The molecule has 1 saturated heterocycles.